The predicted molar refractivity (Wildman–Crippen MR) is 282 cm³/mol. The number of nitriles is 6. The Hall–Kier alpha value is -8.09. The van der Waals surface area contributed by atoms with Gasteiger partial charge in [-0.1, -0.05) is 6.07 Å². The number of hydrogen-bond donors (Lipinski definition) is 0. The molecule has 5 heterocycles. The number of allylic oxidation sites excluding steroid dienone is 2. The maximum atomic E-state index is 9.93. The van der Waals surface area contributed by atoms with E-state index in [1.807, 2.05) is 101 Å². The van der Waals surface area contributed by atoms with Crippen molar-refractivity contribution < 1.29 is 27.9 Å². The number of benzene rings is 4. The third kappa shape index (κ3) is 10.5. The van der Waals surface area contributed by atoms with E-state index in [-0.39, 0.29) is 73.3 Å². The standard InChI is InChI=1S/C24H17BN6O2.C18H5BrN6.C12H24B2O4/c1-23(2)24(3,4)33-25(32-23)19-6-7-20-21(18(19)13-28)31-22(30-20)17(12-27)15-8-14(11-26)9-16(10-15)29-5;1-23-12-5-10(7-20)4-11(6-12)13(8-21)18-24-16-3-2-15(19)14(9-22)17(16)25-18;1-9(2)10(3,4)16-13(15-9)14-17-11(5,6)12(7,8)18-14/h6-10H,1-4H3;2-6H;1-8H3/b22-17-;18-13-;. The summed E-state index contributed by atoms with van der Waals surface area (Å²) in [5, 5.41) is 58.6. The van der Waals surface area contributed by atoms with Gasteiger partial charge in [0.2, 0.25) is 0 Å². The average molecular weight is 1070 g/mol. The Balaban J connectivity index is 0.000000174. The largest absolute Gasteiger partial charge is 0.496 e. The smallest absolute Gasteiger partial charge is 0.405 e. The summed E-state index contributed by atoms with van der Waals surface area (Å²) in [7, 11) is -1.70. The number of fused-ring (bicyclic) bond motifs is 2. The van der Waals surface area contributed by atoms with Crippen molar-refractivity contribution in [3.8, 4) is 36.4 Å². The molecule has 374 valence electrons. The Morgan fingerprint density at radius 3 is 1.21 bits per heavy atom. The van der Waals surface area contributed by atoms with Gasteiger partial charge in [0.1, 0.15) is 46.1 Å². The quantitative estimate of drug-likeness (QED) is 0.109. The monoisotopic (exact) mass is 1070 g/mol. The first kappa shape index (κ1) is 55.7. The molecule has 5 aliphatic heterocycles. The molecule has 0 aliphatic carbocycles. The van der Waals surface area contributed by atoms with Crippen LogP contribution in [0.1, 0.15) is 116 Å². The van der Waals surface area contributed by atoms with E-state index in [1.165, 1.54) is 36.4 Å². The molecular formula is C54H46B3BrN12O6. The Labute approximate surface area is 450 Å². The summed E-state index contributed by atoms with van der Waals surface area (Å²) in [6.07, 6.45) is 0. The SMILES string of the molecule is CC1(C)OB(B2OC(C)(C)C(C)(C)O2)OC1(C)C.[C-]#[N+]c1cc(C#N)cc(/C(C#N)=C2/N=c3ccc(B4OC(C)(C)C(C)(C)O4)c(C#N)c3=N2)c1.[C-]#[N+]c1cc(C#N)cc(/C(C#N)=C2/N=c3ccc(Br)c(C#N)c3=N2)c1. The Bertz CT molecular complexity index is 3710. The predicted octanol–water partition coefficient (Wildman–Crippen LogP) is 7.56. The molecule has 0 unspecified atom stereocenters. The highest BCUT2D eigenvalue weighted by atomic mass is 79.9. The van der Waals surface area contributed by atoms with Gasteiger partial charge >= 0.3 is 21.1 Å². The first-order valence-corrected chi connectivity index (χ1v) is 24.3. The van der Waals surface area contributed by atoms with Crippen LogP contribution in [-0.2, 0) is 27.9 Å². The van der Waals surface area contributed by atoms with E-state index < -0.39 is 32.3 Å². The van der Waals surface area contributed by atoms with Gasteiger partial charge in [0.25, 0.3) is 0 Å². The van der Waals surface area contributed by atoms with Gasteiger partial charge in [0.05, 0.1) is 80.7 Å². The van der Waals surface area contributed by atoms with Crippen molar-refractivity contribution in [2.75, 3.05) is 0 Å². The van der Waals surface area contributed by atoms with E-state index in [2.05, 4.69) is 63.8 Å². The number of rotatable bonds is 4. The molecule has 4 aromatic rings. The molecule has 0 radical (unpaired) electrons. The molecule has 18 nitrogen and oxygen atoms in total. The molecule has 0 saturated carbocycles. The fraction of sp³-hybridized carbons (Fsp3) is 0.333. The highest BCUT2D eigenvalue weighted by molar-refractivity contribution is 9.10. The van der Waals surface area contributed by atoms with Crippen LogP contribution in [-0.4, -0.2) is 54.7 Å². The van der Waals surface area contributed by atoms with Gasteiger partial charge in [-0.05, 0) is 165 Å². The third-order valence-electron chi connectivity index (χ3n) is 14.3. The van der Waals surface area contributed by atoms with Crippen LogP contribution in [0.2, 0.25) is 0 Å². The molecular weight excluding hydrogens is 1030 g/mol. The van der Waals surface area contributed by atoms with Crippen LogP contribution in [0.15, 0.2) is 96.7 Å². The molecule has 4 aromatic carbocycles. The molecule has 0 atom stereocenters. The highest BCUT2D eigenvalue weighted by Crippen LogP contribution is 2.43. The van der Waals surface area contributed by atoms with Crippen LogP contribution >= 0.6 is 15.9 Å². The zero-order chi connectivity index (χ0) is 55.9. The highest BCUT2D eigenvalue weighted by Gasteiger charge is 2.64. The van der Waals surface area contributed by atoms with E-state index >= 15 is 0 Å². The summed E-state index contributed by atoms with van der Waals surface area (Å²) in [4.78, 5) is 24.2. The molecule has 0 N–H and O–H groups in total. The Kier molecular flexibility index (Phi) is 15.1. The lowest BCUT2D eigenvalue weighted by atomic mass is 9.49. The lowest BCUT2D eigenvalue weighted by Crippen LogP contribution is -2.42. The Morgan fingerprint density at radius 2 is 0.855 bits per heavy atom. The summed E-state index contributed by atoms with van der Waals surface area (Å²) in [5.74, 6) is 0.263. The van der Waals surface area contributed by atoms with Crippen molar-refractivity contribution in [3.05, 3.63) is 154 Å². The second kappa shape index (κ2) is 20.6. The maximum Gasteiger partial charge on any atom is 0.496 e. The Morgan fingerprint density at radius 1 is 0.487 bits per heavy atom. The van der Waals surface area contributed by atoms with E-state index in [0.29, 0.717) is 48.1 Å². The van der Waals surface area contributed by atoms with Gasteiger partial charge in [0, 0.05) is 21.1 Å². The fourth-order valence-corrected chi connectivity index (χ4v) is 8.33. The van der Waals surface area contributed by atoms with E-state index in [4.69, 9.17) is 46.3 Å². The van der Waals surface area contributed by atoms with Crippen molar-refractivity contribution in [2.24, 2.45) is 20.0 Å². The van der Waals surface area contributed by atoms with Crippen LogP contribution in [0.4, 0.5) is 11.4 Å². The molecule has 5 aliphatic rings. The molecule has 0 bridgehead atoms. The topological polar surface area (TPSA) is 256 Å². The lowest BCUT2D eigenvalue weighted by molar-refractivity contribution is 0.00578. The second-order valence-corrected chi connectivity index (χ2v) is 21.7. The summed E-state index contributed by atoms with van der Waals surface area (Å²) >= 11 is 3.29. The van der Waals surface area contributed by atoms with Crippen LogP contribution < -0.4 is 26.9 Å². The van der Waals surface area contributed by atoms with Crippen LogP contribution in [0.5, 0.6) is 0 Å². The molecule has 9 rings (SSSR count). The van der Waals surface area contributed by atoms with E-state index in [1.54, 1.807) is 24.3 Å². The third-order valence-corrected chi connectivity index (χ3v) is 14.9. The summed E-state index contributed by atoms with van der Waals surface area (Å²) < 4.78 is 36.6. The van der Waals surface area contributed by atoms with Crippen LogP contribution in [0.25, 0.3) is 20.8 Å². The van der Waals surface area contributed by atoms with Gasteiger partial charge in [-0.15, -0.1) is 0 Å². The normalized spacial score (nSPS) is 20.0. The number of nitrogens with zero attached hydrogens (tertiary/aromatic N) is 12. The fourth-order valence-electron chi connectivity index (χ4n) is 7.92. The van der Waals surface area contributed by atoms with Gasteiger partial charge in [-0.2, -0.15) is 31.6 Å². The van der Waals surface area contributed by atoms with Crippen molar-refractivity contribution in [2.45, 2.75) is 117 Å². The van der Waals surface area contributed by atoms with Crippen LogP contribution in [0, 0.1) is 81.1 Å². The summed E-state index contributed by atoms with van der Waals surface area (Å²) in [5.41, 5.74) is 0.544. The molecule has 0 spiro atoms. The van der Waals surface area contributed by atoms with Gasteiger partial charge < -0.3 is 27.9 Å². The minimum atomic E-state index is -0.748. The van der Waals surface area contributed by atoms with Crippen molar-refractivity contribution in [1.29, 1.82) is 31.6 Å². The molecule has 3 fully saturated rings. The molecule has 22 heteroatoms. The second-order valence-electron chi connectivity index (χ2n) is 20.8. The minimum absolute atomic E-state index is 0.106. The van der Waals surface area contributed by atoms with Crippen molar-refractivity contribution >= 4 is 65.1 Å². The molecule has 0 amide bonds. The van der Waals surface area contributed by atoms with Gasteiger partial charge in [-0.3, -0.25) is 0 Å². The zero-order valence-electron chi connectivity index (χ0n) is 43.7. The number of hydrogen-bond acceptors (Lipinski definition) is 16. The summed E-state index contributed by atoms with van der Waals surface area (Å²) in [6, 6.07) is 28.0. The van der Waals surface area contributed by atoms with Crippen molar-refractivity contribution in [3.63, 3.8) is 0 Å². The lowest BCUT2D eigenvalue weighted by Gasteiger charge is -2.32. The maximum absolute atomic E-state index is 9.93. The number of halogens is 1. The van der Waals surface area contributed by atoms with Gasteiger partial charge in [-0.25, -0.2) is 29.7 Å². The molecule has 0 aromatic heterocycles. The van der Waals surface area contributed by atoms with Crippen LogP contribution in [0.3, 0.4) is 0 Å². The molecule has 3 saturated heterocycles. The van der Waals surface area contributed by atoms with Gasteiger partial charge in [0.15, 0.2) is 23.0 Å². The van der Waals surface area contributed by atoms with Crippen molar-refractivity contribution in [1.82, 2.24) is 0 Å². The van der Waals surface area contributed by atoms with E-state index in [0.717, 1.165) is 0 Å². The summed E-state index contributed by atoms with van der Waals surface area (Å²) in [6.45, 7) is 38.3. The first-order valence-electron chi connectivity index (χ1n) is 23.5. The minimum Gasteiger partial charge on any atom is -0.405 e. The average Bonchev–Trinajstić information content (AvgIpc) is 4.14. The first-order chi connectivity index (χ1) is 35.6. The zero-order valence-corrected chi connectivity index (χ0v) is 45.3. The molecule has 76 heavy (non-hydrogen) atoms. The van der Waals surface area contributed by atoms with E-state index in [9.17, 15) is 26.3 Å².